The Morgan fingerprint density at radius 2 is 0.939 bits per heavy atom. The van der Waals surface area contributed by atoms with Gasteiger partial charge in [0.25, 0.3) is 11.8 Å². The third-order valence-corrected chi connectivity index (χ3v) is 10.7. The van der Waals surface area contributed by atoms with Crippen molar-refractivity contribution < 1.29 is 14.3 Å². The zero-order chi connectivity index (χ0) is 33.2. The number of benzene rings is 4. The van der Waals surface area contributed by atoms with Crippen LogP contribution in [0.1, 0.15) is 68.7 Å². The van der Waals surface area contributed by atoms with Gasteiger partial charge in [0, 0.05) is 33.0 Å². The summed E-state index contributed by atoms with van der Waals surface area (Å²) < 4.78 is 5.98. The monoisotopic (exact) mass is 682 g/mol. The second kappa shape index (κ2) is 13.8. The number of nitrogens with zero attached hydrogens (tertiary/aromatic N) is 2. The number of thiazole rings is 2. The molecule has 2 N–H and O–H groups in total. The molecular weight excluding hydrogens is 649 g/mol. The van der Waals surface area contributed by atoms with E-state index in [-0.39, 0.29) is 11.8 Å². The number of anilines is 2. The van der Waals surface area contributed by atoms with Crippen molar-refractivity contribution in [3.05, 3.63) is 129 Å². The fourth-order valence-corrected chi connectivity index (χ4v) is 7.97. The number of ether oxygens (including phenoxy) is 1. The first-order valence-electron chi connectivity index (χ1n) is 16.7. The zero-order valence-electron chi connectivity index (χ0n) is 26.8. The molecule has 9 heteroatoms. The Kier molecular flexibility index (Phi) is 8.76. The first-order chi connectivity index (χ1) is 24.0. The summed E-state index contributed by atoms with van der Waals surface area (Å²) in [6.45, 7) is 0. The van der Waals surface area contributed by atoms with Gasteiger partial charge in [-0.3, -0.25) is 20.2 Å². The second-order valence-electron chi connectivity index (χ2n) is 12.5. The fraction of sp³-hybridized carbons (Fsp3) is 0.200. The van der Waals surface area contributed by atoms with Crippen LogP contribution in [0.15, 0.2) is 95.7 Å². The lowest BCUT2D eigenvalue weighted by atomic mass is 9.90. The highest BCUT2D eigenvalue weighted by molar-refractivity contribution is 7.14. The summed E-state index contributed by atoms with van der Waals surface area (Å²) in [5.74, 6) is 0.692. The summed E-state index contributed by atoms with van der Waals surface area (Å²) in [4.78, 5) is 35.2. The molecule has 6 aromatic rings. The largest absolute Gasteiger partial charge is 0.457 e. The number of carbonyl (C=O) groups excluding carboxylic acids is 2. The number of fused-ring (bicyclic) bond motifs is 2. The first kappa shape index (κ1) is 31.2. The van der Waals surface area contributed by atoms with Gasteiger partial charge >= 0.3 is 0 Å². The number of nitrogens with one attached hydrogen (secondary N) is 2. The lowest BCUT2D eigenvalue weighted by Crippen LogP contribution is -2.11. The Bertz CT molecular complexity index is 2000. The Morgan fingerprint density at radius 3 is 1.37 bits per heavy atom. The second-order valence-corrected chi connectivity index (χ2v) is 14.2. The third-order valence-electron chi connectivity index (χ3n) is 9.21. The van der Waals surface area contributed by atoms with E-state index in [1.165, 1.54) is 70.6 Å². The standard InChI is InChI=1S/C40H34N4O3S2/c45-37(43-39-41-35(23-48-39)31-11-9-25-5-1-3-7-29(25)21-31)27-13-17-33(18-14-27)47-34-19-15-28(16-20-34)38(46)44-40-42-36(24-49-40)32-12-10-26-6-2-4-8-30(26)22-32/h9-24H,1-8H2,(H,41,43,45)(H,42,44,46). The molecule has 2 aliphatic rings. The van der Waals surface area contributed by atoms with Crippen LogP contribution >= 0.6 is 22.7 Å². The topological polar surface area (TPSA) is 93.2 Å². The predicted molar refractivity (Wildman–Crippen MR) is 197 cm³/mol. The van der Waals surface area contributed by atoms with Crippen molar-refractivity contribution in [2.45, 2.75) is 51.4 Å². The summed E-state index contributed by atoms with van der Waals surface area (Å²) >= 11 is 2.84. The SMILES string of the molecule is O=C(Nc1nc(-c2ccc3c(c2)CCCC3)cs1)c1ccc(Oc2ccc(C(=O)Nc3nc(-c4ccc5c(c4)CCCC5)cs3)cc2)cc1. The first-order valence-corrected chi connectivity index (χ1v) is 18.5. The van der Waals surface area contributed by atoms with E-state index in [2.05, 4.69) is 57.0 Å². The summed E-state index contributed by atoms with van der Waals surface area (Å²) in [6.07, 6.45) is 9.50. The van der Waals surface area contributed by atoms with E-state index < -0.39 is 0 Å². The molecular formula is C40H34N4O3S2. The maximum atomic E-state index is 13.0. The van der Waals surface area contributed by atoms with E-state index in [0.29, 0.717) is 32.9 Å². The molecule has 244 valence electrons. The Balaban J connectivity index is 0.849. The molecule has 0 saturated carbocycles. The number of rotatable bonds is 8. The van der Waals surface area contributed by atoms with Gasteiger partial charge in [0.15, 0.2) is 10.3 Å². The highest BCUT2D eigenvalue weighted by Crippen LogP contribution is 2.32. The van der Waals surface area contributed by atoms with E-state index in [4.69, 9.17) is 4.74 Å². The van der Waals surface area contributed by atoms with Crippen molar-refractivity contribution in [3.63, 3.8) is 0 Å². The van der Waals surface area contributed by atoms with Gasteiger partial charge in [0.05, 0.1) is 11.4 Å². The van der Waals surface area contributed by atoms with Crippen LogP contribution < -0.4 is 15.4 Å². The summed E-state index contributed by atoms with van der Waals surface area (Å²) in [5.41, 5.74) is 10.6. The van der Waals surface area contributed by atoms with E-state index in [1.54, 1.807) is 48.5 Å². The van der Waals surface area contributed by atoms with Crippen molar-refractivity contribution in [2.24, 2.45) is 0 Å². The molecule has 4 aromatic carbocycles. The smallest absolute Gasteiger partial charge is 0.257 e. The molecule has 0 atom stereocenters. The van der Waals surface area contributed by atoms with Crippen LogP contribution in [-0.2, 0) is 25.7 Å². The fourth-order valence-electron chi connectivity index (χ4n) is 6.54. The van der Waals surface area contributed by atoms with Gasteiger partial charge in [-0.15, -0.1) is 22.7 Å². The third kappa shape index (κ3) is 7.04. The highest BCUT2D eigenvalue weighted by Gasteiger charge is 2.16. The van der Waals surface area contributed by atoms with Gasteiger partial charge in [-0.2, -0.15) is 0 Å². The predicted octanol–water partition coefficient (Wildman–Crippen LogP) is 9.99. The summed E-state index contributed by atoms with van der Waals surface area (Å²) in [6, 6.07) is 27.0. The number of hydrogen-bond acceptors (Lipinski definition) is 7. The van der Waals surface area contributed by atoms with Gasteiger partial charge < -0.3 is 4.74 Å². The Hall–Kier alpha value is -5.12. The van der Waals surface area contributed by atoms with E-state index >= 15 is 0 Å². The van der Waals surface area contributed by atoms with Crippen molar-refractivity contribution in [1.29, 1.82) is 0 Å². The van der Waals surface area contributed by atoms with E-state index in [1.807, 2.05) is 10.8 Å². The van der Waals surface area contributed by atoms with E-state index in [9.17, 15) is 9.59 Å². The quantitative estimate of drug-likeness (QED) is 0.167. The average Bonchev–Trinajstić information content (AvgIpc) is 3.82. The van der Waals surface area contributed by atoms with Crippen molar-refractivity contribution in [1.82, 2.24) is 9.97 Å². The minimum Gasteiger partial charge on any atom is -0.457 e. The molecule has 0 fully saturated rings. The maximum Gasteiger partial charge on any atom is 0.257 e. The molecule has 0 bridgehead atoms. The van der Waals surface area contributed by atoms with Crippen LogP contribution in [0.3, 0.4) is 0 Å². The lowest BCUT2D eigenvalue weighted by Gasteiger charge is -2.16. The Morgan fingerprint density at radius 1 is 0.531 bits per heavy atom. The molecule has 0 saturated heterocycles. The minimum absolute atomic E-state index is 0.233. The van der Waals surface area contributed by atoms with Crippen molar-refractivity contribution >= 4 is 44.8 Å². The highest BCUT2D eigenvalue weighted by atomic mass is 32.1. The van der Waals surface area contributed by atoms with Crippen LogP contribution in [-0.4, -0.2) is 21.8 Å². The van der Waals surface area contributed by atoms with E-state index in [0.717, 1.165) is 48.2 Å². The molecule has 2 heterocycles. The number of aryl methyl sites for hydroxylation is 4. The van der Waals surface area contributed by atoms with Gasteiger partial charge in [-0.05, 0) is 134 Å². The molecule has 49 heavy (non-hydrogen) atoms. The van der Waals surface area contributed by atoms with Gasteiger partial charge in [0.2, 0.25) is 0 Å². The van der Waals surface area contributed by atoms with Crippen molar-refractivity contribution in [2.75, 3.05) is 10.6 Å². The number of aromatic nitrogens is 2. The van der Waals surface area contributed by atoms with Crippen LogP contribution in [0.2, 0.25) is 0 Å². The number of hydrogen-bond donors (Lipinski definition) is 2. The van der Waals surface area contributed by atoms with Crippen molar-refractivity contribution in [3.8, 4) is 34.0 Å². The molecule has 2 amide bonds. The summed E-state index contributed by atoms with van der Waals surface area (Å²) in [7, 11) is 0. The number of amides is 2. The molecule has 0 aliphatic heterocycles. The maximum absolute atomic E-state index is 13.0. The average molecular weight is 683 g/mol. The van der Waals surface area contributed by atoms with Gasteiger partial charge in [0.1, 0.15) is 11.5 Å². The van der Waals surface area contributed by atoms with Crippen LogP contribution in [0, 0.1) is 0 Å². The van der Waals surface area contributed by atoms with Crippen LogP contribution in [0.4, 0.5) is 10.3 Å². The minimum atomic E-state index is -0.233. The van der Waals surface area contributed by atoms with Crippen LogP contribution in [0.25, 0.3) is 22.5 Å². The van der Waals surface area contributed by atoms with Gasteiger partial charge in [-0.25, -0.2) is 9.97 Å². The van der Waals surface area contributed by atoms with Crippen LogP contribution in [0.5, 0.6) is 11.5 Å². The molecule has 2 aromatic heterocycles. The molecule has 0 unspecified atom stereocenters. The molecule has 2 aliphatic carbocycles. The Labute approximate surface area is 293 Å². The summed E-state index contributed by atoms with van der Waals surface area (Å²) in [5, 5.41) is 10.9. The molecule has 0 radical (unpaired) electrons. The molecule has 8 rings (SSSR count). The molecule has 0 spiro atoms. The lowest BCUT2D eigenvalue weighted by molar-refractivity contribution is 0.101. The normalized spacial score (nSPS) is 13.6. The van der Waals surface area contributed by atoms with Gasteiger partial charge in [-0.1, -0.05) is 24.3 Å². The molecule has 7 nitrogen and oxygen atoms in total. The number of carbonyl (C=O) groups is 2. The zero-order valence-corrected chi connectivity index (χ0v) is 28.5.